The first kappa shape index (κ1) is 10.8. The maximum absolute atomic E-state index is 2.41. The summed E-state index contributed by atoms with van der Waals surface area (Å²) in [7, 11) is 0. The quantitative estimate of drug-likeness (QED) is 0.652. The highest BCUT2D eigenvalue weighted by molar-refractivity contribution is 5.84. The average molecular weight is 224 g/mol. The van der Waals surface area contributed by atoms with Crippen LogP contribution < -0.4 is 0 Å². The van der Waals surface area contributed by atoms with Gasteiger partial charge in [0.05, 0.1) is 0 Å². The van der Waals surface area contributed by atoms with Gasteiger partial charge in [0.25, 0.3) is 0 Å². The summed E-state index contributed by atoms with van der Waals surface area (Å²) >= 11 is 0. The molecule has 4 rings (SSSR count). The van der Waals surface area contributed by atoms with Crippen LogP contribution in [0.25, 0.3) is 5.57 Å². The molecule has 0 amide bonds. The van der Waals surface area contributed by atoms with E-state index in [-0.39, 0.29) is 5.41 Å². The molecule has 3 aliphatic carbocycles. The minimum atomic E-state index is 0.240. The Bertz CT molecular complexity index is 536. The lowest BCUT2D eigenvalue weighted by molar-refractivity contribution is 0.589. The average Bonchev–Trinajstić information content (AvgIpc) is 2.81. The third-order valence-corrected chi connectivity index (χ3v) is 4.08. The minimum Gasteiger partial charge on any atom is -0.0764 e. The van der Waals surface area contributed by atoms with Crippen LogP contribution in [0.4, 0.5) is 0 Å². The molecule has 0 heterocycles. The van der Waals surface area contributed by atoms with E-state index in [0.29, 0.717) is 5.92 Å². The van der Waals surface area contributed by atoms with E-state index in [1.54, 1.807) is 11.1 Å². The summed E-state index contributed by atoms with van der Waals surface area (Å²) in [5.41, 5.74) is 7.73. The van der Waals surface area contributed by atoms with Crippen molar-refractivity contribution >= 4 is 5.57 Å². The van der Waals surface area contributed by atoms with Crippen molar-refractivity contribution in [3.63, 3.8) is 0 Å². The molecule has 17 heavy (non-hydrogen) atoms. The van der Waals surface area contributed by atoms with Crippen molar-refractivity contribution < 1.29 is 0 Å². The smallest absolute Gasteiger partial charge is 0.00704 e. The number of rotatable bonds is 1. The standard InChI is InChI=1S/C17H20/c1-11-5-8-14(17(2,3)4)10-15(11)16-12-6-7-13(16)9-12/h5-8,10,12H,9H2,1-4H3. The first-order valence-corrected chi connectivity index (χ1v) is 6.49. The van der Waals surface area contributed by atoms with Gasteiger partial charge in [-0.1, -0.05) is 51.1 Å². The first-order valence-electron chi connectivity index (χ1n) is 6.49. The molecule has 88 valence electrons. The Kier molecular flexibility index (Phi) is 2.13. The van der Waals surface area contributed by atoms with E-state index >= 15 is 0 Å². The van der Waals surface area contributed by atoms with Crippen LogP contribution in [0.1, 0.15) is 43.9 Å². The first-order chi connectivity index (χ1) is 7.97. The Balaban J connectivity index is 2.09. The van der Waals surface area contributed by atoms with Gasteiger partial charge >= 0.3 is 0 Å². The molecule has 0 aromatic heterocycles. The number of hydrogen-bond acceptors (Lipinski definition) is 0. The van der Waals surface area contributed by atoms with E-state index in [1.165, 1.54) is 23.1 Å². The molecule has 1 atom stereocenters. The van der Waals surface area contributed by atoms with Crippen LogP contribution in [-0.4, -0.2) is 0 Å². The van der Waals surface area contributed by atoms with Crippen molar-refractivity contribution in [2.75, 3.05) is 0 Å². The summed E-state index contributed by atoms with van der Waals surface area (Å²) in [5.74, 6) is 0.707. The molecule has 1 aromatic carbocycles. The van der Waals surface area contributed by atoms with E-state index in [2.05, 4.69) is 58.0 Å². The van der Waals surface area contributed by atoms with E-state index in [4.69, 9.17) is 0 Å². The fourth-order valence-electron chi connectivity index (χ4n) is 2.86. The second kappa shape index (κ2) is 3.35. The van der Waals surface area contributed by atoms with Crippen LogP contribution in [0.5, 0.6) is 0 Å². The Morgan fingerprint density at radius 1 is 1.18 bits per heavy atom. The number of aryl methyl sites for hydroxylation is 1. The van der Waals surface area contributed by atoms with Gasteiger partial charge in [0.2, 0.25) is 0 Å². The summed E-state index contributed by atoms with van der Waals surface area (Å²) in [4.78, 5) is 0. The van der Waals surface area contributed by atoms with Crippen molar-refractivity contribution in [3.05, 3.63) is 52.6 Å². The van der Waals surface area contributed by atoms with E-state index in [9.17, 15) is 0 Å². The molecule has 0 fully saturated rings. The van der Waals surface area contributed by atoms with Gasteiger partial charge in [-0.25, -0.2) is 0 Å². The normalized spacial score (nSPS) is 22.0. The second-order valence-corrected chi connectivity index (χ2v) is 6.39. The zero-order valence-corrected chi connectivity index (χ0v) is 11.2. The largest absolute Gasteiger partial charge is 0.0764 e. The number of hydrogen-bond donors (Lipinski definition) is 0. The van der Waals surface area contributed by atoms with Gasteiger partial charge in [-0.3, -0.25) is 0 Å². The van der Waals surface area contributed by atoms with Gasteiger partial charge in [-0.2, -0.15) is 0 Å². The summed E-state index contributed by atoms with van der Waals surface area (Å²) in [6, 6.07) is 6.96. The highest BCUT2D eigenvalue weighted by atomic mass is 14.4. The number of benzene rings is 1. The summed E-state index contributed by atoms with van der Waals surface area (Å²) in [6.45, 7) is 9.08. The summed E-state index contributed by atoms with van der Waals surface area (Å²) in [6.07, 6.45) is 5.94. The van der Waals surface area contributed by atoms with Crippen LogP contribution in [-0.2, 0) is 5.41 Å². The Labute approximate surface area is 104 Å². The molecule has 3 aliphatic rings. The zero-order valence-electron chi connectivity index (χ0n) is 11.2. The zero-order chi connectivity index (χ0) is 12.2. The maximum atomic E-state index is 2.41. The molecule has 0 radical (unpaired) electrons. The van der Waals surface area contributed by atoms with Gasteiger partial charge in [-0.15, -0.1) is 0 Å². The number of allylic oxidation sites excluding steroid dienone is 4. The lowest BCUT2D eigenvalue weighted by Gasteiger charge is -2.28. The van der Waals surface area contributed by atoms with E-state index in [0.717, 1.165) is 0 Å². The highest BCUT2D eigenvalue weighted by Gasteiger charge is 2.32. The molecule has 2 bridgehead atoms. The summed E-state index contributed by atoms with van der Waals surface area (Å²) < 4.78 is 0. The van der Waals surface area contributed by atoms with Crippen LogP contribution in [0.15, 0.2) is 35.9 Å². The molecule has 0 nitrogen and oxygen atoms in total. The molecule has 1 unspecified atom stereocenters. The predicted octanol–water partition coefficient (Wildman–Crippen LogP) is 4.64. The van der Waals surface area contributed by atoms with Crippen molar-refractivity contribution in [2.24, 2.45) is 5.92 Å². The second-order valence-electron chi connectivity index (χ2n) is 6.39. The molecule has 0 N–H and O–H groups in total. The highest BCUT2D eigenvalue weighted by Crippen LogP contribution is 2.49. The molecular formula is C17H20. The molecule has 0 heteroatoms. The van der Waals surface area contributed by atoms with Gasteiger partial charge in [0.1, 0.15) is 0 Å². The van der Waals surface area contributed by atoms with Crippen molar-refractivity contribution in [2.45, 2.75) is 39.5 Å². The van der Waals surface area contributed by atoms with E-state index in [1.807, 2.05) is 0 Å². The van der Waals surface area contributed by atoms with Gasteiger partial charge in [0.15, 0.2) is 0 Å². The van der Waals surface area contributed by atoms with Gasteiger partial charge in [-0.05, 0) is 46.6 Å². The lowest BCUT2D eigenvalue weighted by Crippen LogP contribution is -2.14. The fraction of sp³-hybridized carbons (Fsp3) is 0.412. The minimum absolute atomic E-state index is 0.240. The molecule has 0 saturated carbocycles. The molecule has 0 aliphatic heterocycles. The van der Waals surface area contributed by atoms with Crippen LogP contribution >= 0.6 is 0 Å². The third kappa shape index (κ3) is 1.58. The van der Waals surface area contributed by atoms with Crippen LogP contribution in [0.3, 0.4) is 0 Å². The van der Waals surface area contributed by atoms with Gasteiger partial charge < -0.3 is 0 Å². The SMILES string of the molecule is Cc1ccc(C(C)(C)C)cc1C1=C2C=CC1C2. The van der Waals surface area contributed by atoms with Crippen LogP contribution in [0, 0.1) is 12.8 Å². The van der Waals surface area contributed by atoms with Crippen molar-refractivity contribution in [1.29, 1.82) is 0 Å². The Morgan fingerprint density at radius 3 is 2.47 bits per heavy atom. The monoisotopic (exact) mass is 224 g/mol. The summed E-state index contributed by atoms with van der Waals surface area (Å²) in [5, 5.41) is 0. The van der Waals surface area contributed by atoms with Crippen molar-refractivity contribution in [3.8, 4) is 0 Å². The van der Waals surface area contributed by atoms with E-state index < -0.39 is 0 Å². The fourth-order valence-corrected chi connectivity index (χ4v) is 2.86. The predicted molar refractivity (Wildman–Crippen MR) is 74.0 cm³/mol. The Morgan fingerprint density at radius 2 is 1.94 bits per heavy atom. The maximum Gasteiger partial charge on any atom is 0.00704 e. The molecule has 1 aromatic rings. The lowest BCUT2D eigenvalue weighted by atomic mass is 9.76. The third-order valence-electron chi connectivity index (χ3n) is 4.08. The van der Waals surface area contributed by atoms with Crippen molar-refractivity contribution in [1.82, 2.24) is 0 Å². The molecule has 0 saturated heterocycles. The molecule has 0 spiro atoms. The Hall–Kier alpha value is -1.30. The topological polar surface area (TPSA) is 0 Å². The van der Waals surface area contributed by atoms with Gasteiger partial charge in [0, 0.05) is 5.92 Å². The van der Waals surface area contributed by atoms with Crippen LogP contribution in [0.2, 0.25) is 0 Å². The molecular weight excluding hydrogens is 204 g/mol.